The summed E-state index contributed by atoms with van der Waals surface area (Å²) < 4.78 is 6.30. The van der Waals surface area contributed by atoms with Crippen molar-refractivity contribution in [1.29, 1.82) is 0 Å². The van der Waals surface area contributed by atoms with Crippen molar-refractivity contribution in [3.8, 4) is 0 Å². The second-order valence-electron chi connectivity index (χ2n) is 5.31. The van der Waals surface area contributed by atoms with Crippen LogP contribution < -0.4 is 5.32 Å². The van der Waals surface area contributed by atoms with E-state index in [2.05, 4.69) is 10.4 Å². The third-order valence-electron chi connectivity index (χ3n) is 3.58. The average Bonchev–Trinajstić information content (AvgIpc) is 2.98. The molecule has 1 N–H and O–H groups in total. The molecule has 2 aromatic carbocycles. The number of rotatable bonds is 3. The fraction of sp³-hybridized carbons (Fsp3) is 0.167. The summed E-state index contributed by atoms with van der Waals surface area (Å²) in [5.74, 6) is -0.477. The fourth-order valence-corrected chi connectivity index (χ4v) is 2.44. The van der Waals surface area contributed by atoms with Crippen molar-refractivity contribution in [1.82, 2.24) is 9.78 Å². The van der Waals surface area contributed by atoms with Gasteiger partial charge in [0.25, 0.3) is 0 Å². The Bertz CT molecular complexity index is 915. The topological polar surface area (TPSA) is 73.2 Å². The van der Waals surface area contributed by atoms with Gasteiger partial charge in [0.1, 0.15) is 0 Å². The van der Waals surface area contributed by atoms with Gasteiger partial charge in [0, 0.05) is 5.39 Å². The van der Waals surface area contributed by atoms with E-state index < -0.39 is 12.0 Å². The van der Waals surface area contributed by atoms with Crippen molar-refractivity contribution in [2.24, 2.45) is 0 Å². The summed E-state index contributed by atoms with van der Waals surface area (Å²) in [7, 11) is 0. The molecule has 0 aliphatic carbocycles. The van der Waals surface area contributed by atoms with Crippen LogP contribution in [-0.4, -0.2) is 28.4 Å². The Morgan fingerprint density at radius 1 is 1.21 bits per heavy atom. The molecule has 122 valence electrons. The maximum absolute atomic E-state index is 12.6. The highest BCUT2D eigenvalue weighted by Gasteiger charge is 2.16. The van der Waals surface area contributed by atoms with Gasteiger partial charge in [-0.25, -0.2) is 9.59 Å². The maximum atomic E-state index is 12.6. The number of hydrogen-bond donors (Lipinski definition) is 1. The van der Waals surface area contributed by atoms with Crippen molar-refractivity contribution >= 4 is 28.6 Å². The Morgan fingerprint density at radius 3 is 2.79 bits per heavy atom. The van der Waals surface area contributed by atoms with Crippen LogP contribution in [0.15, 0.2) is 48.7 Å². The SMILES string of the molecule is CCOC(=O)c1ccccc1NC(=O)n1ncc2ccc(C)cc21. The van der Waals surface area contributed by atoms with E-state index in [1.54, 1.807) is 37.4 Å². The Morgan fingerprint density at radius 2 is 2.00 bits per heavy atom. The molecule has 0 aliphatic heterocycles. The minimum Gasteiger partial charge on any atom is -0.462 e. The molecule has 1 aromatic heterocycles. The molecule has 3 rings (SSSR count). The van der Waals surface area contributed by atoms with Crippen LogP contribution in [0.3, 0.4) is 0 Å². The highest BCUT2D eigenvalue weighted by molar-refractivity contribution is 6.03. The molecule has 0 saturated heterocycles. The number of benzene rings is 2. The number of esters is 1. The molecule has 0 aliphatic rings. The Hall–Kier alpha value is -3.15. The molecule has 0 spiro atoms. The summed E-state index contributed by atoms with van der Waals surface area (Å²) in [5, 5.41) is 7.73. The Balaban J connectivity index is 1.92. The van der Waals surface area contributed by atoms with Crippen LogP contribution in [0.5, 0.6) is 0 Å². The number of carbonyl (C=O) groups excluding carboxylic acids is 2. The number of fused-ring (bicyclic) bond motifs is 1. The molecule has 0 bridgehead atoms. The zero-order valence-corrected chi connectivity index (χ0v) is 13.4. The van der Waals surface area contributed by atoms with E-state index in [0.29, 0.717) is 16.8 Å². The lowest BCUT2D eigenvalue weighted by Crippen LogP contribution is -2.22. The quantitative estimate of drug-likeness (QED) is 0.747. The molecular formula is C18H17N3O3. The lowest BCUT2D eigenvalue weighted by atomic mass is 10.2. The molecule has 6 nitrogen and oxygen atoms in total. The van der Waals surface area contributed by atoms with Crippen molar-refractivity contribution in [3.63, 3.8) is 0 Å². The summed E-state index contributed by atoms with van der Waals surface area (Å²) in [6, 6.07) is 12.0. The van der Waals surface area contributed by atoms with Crippen molar-refractivity contribution in [2.45, 2.75) is 13.8 Å². The van der Waals surface area contributed by atoms with Gasteiger partial charge in [-0.1, -0.05) is 24.3 Å². The van der Waals surface area contributed by atoms with Crippen LogP contribution in [0.25, 0.3) is 10.9 Å². The van der Waals surface area contributed by atoms with Crippen LogP contribution in [0.1, 0.15) is 22.8 Å². The summed E-state index contributed by atoms with van der Waals surface area (Å²) in [4.78, 5) is 24.6. The second-order valence-corrected chi connectivity index (χ2v) is 5.31. The van der Waals surface area contributed by atoms with Crippen LogP contribution >= 0.6 is 0 Å². The third kappa shape index (κ3) is 2.99. The first-order valence-electron chi connectivity index (χ1n) is 7.62. The summed E-state index contributed by atoms with van der Waals surface area (Å²) in [6.07, 6.45) is 1.63. The monoisotopic (exact) mass is 323 g/mol. The van der Waals surface area contributed by atoms with Crippen molar-refractivity contribution in [2.75, 3.05) is 11.9 Å². The van der Waals surface area contributed by atoms with Crippen LogP contribution in [0, 0.1) is 6.92 Å². The molecular weight excluding hydrogens is 306 g/mol. The normalized spacial score (nSPS) is 10.6. The number of hydrogen-bond acceptors (Lipinski definition) is 4. The minimum absolute atomic E-state index is 0.268. The van der Waals surface area contributed by atoms with Gasteiger partial charge in [0.2, 0.25) is 0 Å². The Labute approximate surface area is 139 Å². The number of nitrogens with one attached hydrogen (secondary N) is 1. The number of carbonyl (C=O) groups is 2. The predicted octanol–water partition coefficient (Wildman–Crippen LogP) is 3.60. The first-order chi connectivity index (χ1) is 11.6. The van der Waals surface area contributed by atoms with Gasteiger partial charge in [0.05, 0.1) is 29.6 Å². The number of aryl methyl sites for hydroxylation is 1. The van der Waals surface area contributed by atoms with E-state index >= 15 is 0 Å². The maximum Gasteiger partial charge on any atom is 0.347 e. The smallest absolute Gasteiger partial charge is 0.347 e. The number of nitrogens with zero attached hydrogens (tertiary/aromatic N) is 2. The Kier molecular flexibility index (Phi) is 4.29. The molecule has 1 heterocycles. The van der Waals surface area contributed by atoms with Crippen molar-refractivity contribution in [3.05, 3.63) is 59.8 Å². The van der Waals surface area contributed by atoms with Crippen molar-refractivity contribution < 1.29 is 14.3 Å². The van der Waals surface area contributed by atoms with Gasteiger partial charge < -0.3 is 10.1 Å². The number of anilines is 1. The van der Waals surface area contributed by atoms with Crippen LogP contribution in [0.4, 0.5) is 10.5 Å². The van der Waals surface area contributed by atoms with Crippen LogP contribution in [0.2, 0.25) is 0 Å². The minimum atomic E-state index is -0.477. The molecule has 1 amide bonds. The molecule has 0 saturated carbocycles. The first-order valence-corrected chi connectivity index (χ1v) is 7.62. The van der Waals surface area contributed by atoms with E-state index in [1.165, 1.54) is 4.68 Å². The van der Waals surface area contributed by atoms with E-state index in [4.69, 9.17) is 4.74 Å². The number of ether oxygens (including phenoxy) is 1. The third-order valence-corrected chi connectivity index (χ3v) is 3.58. The van der Waals surface area contributed by atoms with Gasteiger partial charge >= 0.3 is 12.0 Å². The molecule has 6 heteroatoms. The molecule has 0 radical (unpaired) electrons. The largest absolute Gasteiger partial charge is 0.462 e. The van der Waals surface area contributed by atoms with Gasteiger partial charge in [0.15, 0.2) is 0 Å². The number of para-hydroxylation sites is 1. The molecule has 0 atom stereocenters. The van der Waals surface area contributed by atoms with E-state index in [9.17, 15) is 9.59 Å². The fourth-order valence-electron chi connectivity index (χ4n) is 2.44. The molecule has 0 fully saturated rings. The second kappa shape index (κ2) is 6.54. The predicted molar refractivity (Wildman–Crippen MR) is 91.3 cm³/mol. The number of amides is 1. The van der Waals surface area contributed by atoms with E-state index in [1.807, 2.05) is 25.1 Å². The zero-order chi connectivity index (χ0) is 17.1. The van der Waals surface area contributed by atoms with Gasteiger partial charge in [-0.15, -0.1) is 0 Å². The van der Waals surface area contributed by atoms with E-state index in [0.717, 1.165) is 10.9 Å². The zero-order valence-electron chi connectivity index (χ0n) is 13.4. The lowest BCUT2D eigenvalue weighted by molar-refractivity contribution is 0.0527. The van der Waals surface area contributed by atoms with Crippen LogP contribution in [-0.2, 0) is 4.74 Å². The van der Waals surface area contributed by atoms with Gasteiger partial charge in [-0.3, -0.25) is 0 Å². The highest BCUT2D eigenvalue weighted by atomic mass is 16.5. The summed E-state index contributed by atoms with van der Waals surface area (Å²) in [5.41, 5.74) is 2.43. The van der Waals surface area contributed by atoms with Gasteiger partial charge in [-0.05, 0) is 37.6 Å². The average molecular weight is 323 g/mol. The first kappa shape index (κ1) is 15.7. The lowest BCUT2D eigenvalue weighted by Gasteiger charge is -2.10. The molecule has 0 unspecified atom stereocenters. The van der Waals surface area contributed by atoms with Gasteiger partial charge in [-0.2, -0.15) is 9.78 Å². The standard InChI is InChI=1S/C18H17N3O3/c1-3-24-17(22)14-6-4-5-7-15(14)20-18(23)21-16-10-12(2)8-9-13(16)11-19-21/h4-11H,3H2,1-2H3,(H,20,23). The molecule has 24 heavy (non-hydrogen) atoms. The van der Waals surface area contributed by atoms with E-state index in [-0.39, 0.29) is 6.61 Å². The molecule has 3 aromatic rings. The summed E-state index contributed by atoms with van der Waals surface area (Å²) >= 11 is 0. The highest BCUT2D eigenvalue weighted by Crippen LogP contribution is 2.19. The summed E-state index contributed by atoms with van der Waals surface area (Å²) in [6.45, 7) is 3.95. The number of aromatic nitrogens is 2.